The van der Waals surface area contributed by atoms with E-state index < -0.39 is 30.3 Å². The van der Waals surface area contributed by atoms with Crippen molar-refractivity contribution in [1.82, 2.24) is 10.6 Å². The minimum Gasteiger partial charge on any atom is -0.454 e. The van der Waals surface area contributed by atoms with Crippen molar-refractivity contribution in [3.05, 3.63) is 35.6 Å². The number of halogens is 1. The number of carbonyl (C=O) groups excluding carboxylic acids is 3. The van der Waals surface area contributed by atoms with E-state index in [4.69, 9.17) is 4.74 Å². The van der Waals surface area contributed by atoms with Gasteiger partial charge in [0.05, 0.1) is 5.56 Å². The van der Waals surface area contributed by atoms with E-state index in [1.165, 1.54) is 30.7 Å². The Labute approximate surface area is 165 Å². The molecule has 2 rings (SSSR count). The Balaban J connectivity index is 1.89. The third kappa shape index (κ3) is 6.04. The van der Waals surface area contributed by atoms with Crippen LogP contribution in [0.4, 0.5) is 4.39 Å². The van der Waals surface area contributed by atoms with Crippen LogP contribution < -0.4 is 10.6 Å². The number of esters is 1. The third-order valence-electron chi connectivity index (χ3n) is 5.13. The minimum atomic E-state index is -0.978. The summed E-state index contributed by atoms with van der Waals surface area (Å²) >= 11 is 0. The summed E-state index contributed by atoms with van der Waals surface area (Å²) in [6.45, 7) is 5.17. The second kappa shape index (κ2) is 10.2. The fraction of sp³-hybridized carbons (Fsp3) is 0.571. The van der Waals surface area contributed by atoms with Gasteiger partial charge in [-0.25, -0.2) is 9.18 Å². The molecular formula is C21H29FN2O4. The van der Waals surface area contributed by atoms with Crippen molar-refractivity contribution in [1.29, 1.82) is 0 Å². The van der Waals surface area contributed by atoms with Gasteiger partial charge in [-0.3, -0.25) is 9.59 Å². The van der Waals surface area contributed by atoms with Crippen molar-refractivity contribution in [2.24, 2.45) is 11.8 Å². The SMILES string of the molecule is CC(C)[C@H](NC(=O)c1ccccc1F)C(=O)OCC(=O)N[C@@H]1CCCC[C@@H]1C. The van der Waals surface area contributed by atoms with E-state index in [9.17, 15) is 18.8 Å². The molecule has 6 nitrogen and oxygen atoms in total. The molecule has 1 aliphatic carbocycles. The van der Waals surface area contributed by atoms with Gasteiger partial charge in [0.15, 0.2) is 6.61 Å². The van der Waals surface area contributed by atoms with Crippen molar-refractivity contribution in [3.63, 3.8) is 0 Å². The van der Waals surface area contributed by atoms with Gasteiger partial charge in [-0.15, -0.1) is 0 Å². The number of benzene rings is 1. The first kappa shape index (κ1) is 21.9. The monoisotopic (exact) mass is 392 g/mol. The number of carbonyl (C=O) groups is 3. The van der Waals surface area contributed by atoms with Gasteiger partial charge >= 0.3 is 5.97 Å². The number of rotatable bonds is 7. The highest BCUT2D eigenvalue weighted by molar-refractivity contribution is 5.97. The summed E-state index contributed by atoms with van der Waals surface area (Å²) in [6, 6.07) is 4.65. The number of amides is 2. The van der Waals surface area contributed by atoms with E-state index in [1.54, 1.807) is 13.8 Å². The van der Waals surface area contributed by atoms with Crippen molar-refractivity contribution in [3.8, 4) is 0 Å². The van der Waals surface area contributed by atoms with Crippen LogP contribution in [0.15, 0.2) is 24.3 Å². The summed E-state index contributed by atoms with van der Waals surface area (Å²) < 4.78 is 18.9. The first-order valence-electron chi connectivity index (χ1n) is 9.81. The standard InChI is InChI=1S/C21H29FN2O4/c1-13(2)19(24-20(26)15-9-5-6-10-16(15)22)21(27)28-12-18(25)23-17-11-7-4-8-14(17)3/h5-6,9-10,13-14,17,19H,4,7-8,11-12H2,1-3H3,(H,23,25)(H,24,26)/t14-,17+,19-/m0/s1. The lowest BCUT2D eigenvalue weighted by atomic mass is 9.86. The molecule has 1 saturated carbocycles. The molecule has 3 atom stereocenters. The van der Waals surface area contributed by atoms with Crippen molar-refractivity contribution >= 4 is 17.8 Å². The van der Waals surface area contributed by atoms with Crippen molar-refractivity contribution in [2.75, 3.05) is 6.61 Å². The molecule has 1 aromatic carbocycles. The fourth-order valence-electron chi connectivity index (χ4n) is 3.37. The van der Waals surface area contributed by atoms with Crippen LogP contribution >= 0.6 is 0 Å². The average molecular weight is 392 g/mol. The molecule has 154 valence electrons. The van der Waals surface area contributed by atoms with Gasteiger partial charge in [-0.05, 0) is 36.8 Å². The van der Waals surface area contributed by atoms with Gasteiger partial charge < -0.3 is 15.4 Å². The second-order valence-electron chi connectivity index (χ2n) is 7.72. The number of nitrogens with one attached hydrogen (secondary N) is 2. The maximum Gasteiger partial charge on any atom is 0.329 e. The molecule has 7 heteroatoms. The fourth-order valence-corrected chi connectivity index (χ4v) is 3.37. The Bertz CT molecular complexity index is 707. The lowest BCUT2D eigenvalue weighted by molar-refractivity contribution is -0.151. The van der Waals surface area contributed by atoms with Crippen LogP contribution in [0.5, 0.6) is 0 Å². The topological polar surface area (TPSA) is 84.5 Å². The Hall–Kier alpha value is -2.44. The smallest absolute Gasteiger partial charge is 0.329 e. The highest BCUT2D eigenvalue weighted by atomic mass is 19.1. The number of hydrogen-bond acceptors (Lipinski definition) is 4. The molecule has 0 aliphatic heterocycles. The normalized spacial score (nSPS) is 20.3. The first-order valence-corrected chi connectivity index (χ1v) is 9.81. The highest BCUT2D eigenvalue weighted by Gasteiger charge is 2.28. The van der Waals surface area contributed by atoms with E-state index in [-0.39, 0.29) is 23.4 Å². The highest BCUT2D eigenvalue weighted by Crippen LogP contribution is 2.23. The molecule has 1 aromatic rings. The molecule has 1 fully saturated rings. The second-order valence-corrected chi connectivity index (χ2v) is 7.72. The average Bonchev–Trinajstić information content (AvgIpc) is 2.66. The predicted molar refractivity (Wildman–Crippen MR) is 103 cm³/mol. The minimum absolute atomic E-state index is 0.0987. The van der Waals surface area contributed by atoms with Crippen LogP contribution in [0.1, 0.15) is 56.8 Å². The summed E-state index contributed by atoms with van der Waals surface area (Å²) in [4.78, 5) is 36.8. The predicted octanol–water partition coefficient (Wildman–Crippen LogP) is 2.82. The van der Waals surface area contributed by atoms with Crippen molar-refractivity contribution in [2.45, 2.75) is 58.5 Å². The van der Waals surface area contributed by atoms with Crippen LogP contribution in [0.25, 0.3) is 0 Å². The van der Waals surface area contributed by atoms with Crippen LogP contribution in [0.2, 0.25) is 0 Å². The maximum atomic E-state index is 13.8. The summed E-state index contributed by atoms with van der Waals surface area (Å²) in [7, 11) is 0. The van der Waals surface area contributed by atoms with Gasteiger partial charge in [0.2, 0.25) is 0 Å². The van der Waals surface area contributed by atoms with Crippen LogP contribution in [-0.4, -0.2) is 36.5 Å². The molecule has 0 radical (unpaired) electrons. The van der Waals surface area contributed by atoms with Gasteiger partial charge in [0.25, 0.3) is 11.8 Å². The summed E-state index contributed by atoms with van der Waals surface area (Å²) in [5, 5.41) is 5.41. The third-order valence-corrected chi connectivity index (χ3v) is 5.13. The molecule has 28 heavy (non-hydrogen) atoms. The summed E-state index contributed by atoms with van der Waals surface area (Å²) in [5.41, 5.74) is -0.148. The zero-order chi connectivity index (χ0) is 20.7. The van der Waals surface area contributed by atoms with E-state index in [0.717, 1.165) is 19.3 Å². The van der Waals surface area contributed by atoms with E-state index in [0.29, 0.717) is 5.92 Å². The van der Waals surface area contributed by atoms with Gasteiger partial charge in [-0.1, -0.05) is 45.7 Å². The van der Waals surface area contributed by atoms with Crippen molar-refractivity contribution < 1.29 is 23.5 Å². The van der Waals surface area contributed by atoms with Crippen LogP contribution in [0, 0.1) is 17.7 Å². The molecule has 2 amide bonds. The van der Waals surface area contributed by atoms with E-state index in [2.05, 4.69) is 17.6 Å². The molecule has 0 aromatic heterocycles. The molecule has 0 saturated heterocycles. The Kier molecular flexibility index (Phi) is 7.96. The van der Waals surface area contributed by atoms with Crippen LogP contribution in [-0.2, 0) is 14.3 Å². The lowest BCUT2D eigenvalue weighted by Gasteiger charge is -2.29. The molecule has 0 unspecified atom stereocenters. The Morgan fingerprint density at radius 1 is 1.18 bits per heavy atom. The summed E-state index contributed by atoms with van der Waals surface area (Å²) in [6.07, 6.45) is 4.24. The largest absolute Gasteiger partial charge is 0.454 e. The van der Waals surface area contributed by atoms with E-state index >= 15 is 0 Å². The lowest BCUT2D eigenvalue weighted by Crippen LogP contribution is -2.47. The molecule has 0 heterocycles. The number of hydrogen-bond donors (Lipinski definition) is 2. The van der Waals surface area contributed by atoms with E-state index in [1.807, 2.05) is 0 Å². The number of ether oxygens (including phenoxy) is 1. The quantitative estimate of drug-likeness (QED) is 0.699. The molecule has 0 spiro atoms. The molecule has 0 bridgehead atoms. The van der Waals surface area contributed by atoms with Gasteiger partial charge in [0, 0.05) is 6.04 Å². The zero-order valence-electron chi connectivity index (χ0n) is 16.7. The van der Waals surface area contributed by atoms with Gasteiger partial charge in [-0.2, -0.15) is 0 Å². The Morgan fingerprint density at radius 2 is 1.86 bits per heavy atom. The summed E-state index contributed by atoms with van der Waals surface area (Å²) in [5.74, 6) is -2.32. The molecule has 2 N–H and O–H groups in total. The van der Waals surface area contributed by atoms with Gasteiger partial charge in [0.1, 0.15) is 11.9 Å². The van der Waals surface area contributed by atoms with Crippen LogP contribution in [0.3, 0.4) is 0 Å². The maximum absolute atomic E-state index is 13.8. The zero-order valence-corrected chi connectivity index (χ0v) is 16.7. The molecule has 1 aliphatic rings. The Morgan fingerprint density at radius 3 is 2.50 bits per heavy atom. The first-order chi connectivity index (χ1) is 13.3. The molecular weight excluding hydrogens is 363 g/mol.